The highest BCUT2D eigenvalue weighted by molar-refractivity contribution is 6.85. The van der Waals surface area contributed by atoms with Gasteiger partial charge in [0.2, 0.25) is 0 Å². The molecule has 1 fully saturated rings. The van der Waals surface area contributed by atoms with Crippen LogP contribution in [0.4, 0.5) is 0 Å². The second-order valence-corrected chi connectivity index (χ2v) is 13.0. The molecule has 1 aliphatic rings. The molecular formula is C17H30OSi. The van der Waals surface area contributed by atoms with E-state index in [1.807, 2.05) is 0 Å². The summed E-state index contributed by atoms with van der Waals surface area (Å²) in [5, 5.41) is 1.02. The fourth-order valence-electron chi connectivity index (χ4n) is 2.92. The van der Waals surface area contributed by atoms with Crippen LogP contribution in [-0.4, -0.2) is 14.0 Å². The van der Waals surface area contributed by atoms with Gasteiger partial charge in [0, 0.05) is 5.20 Å². The molecule has 0 aromatic heterocycles. The first-order chi connectivity index (χ1) is 8.65. The minimum Gasteiger partial charge on any atom is -0.234 e. The van der Waals surface area contributed by atoms with E-state index < -0.39 is 8.07 Å². The van der Waals surface area contributed by atoms with E-state index >= 15 is 0 Å². The van der Waals surface area contributed by atoms with Crippen molar-refractivity contribution in [1.29, 1.82) is 0 Å². The zero-order valence-electron chi connectivity index (χ0n) is 13.6. The largest absolute Gasteiger partial charge is 0.234 e. The molecule has 0 aromatic rings. The summed E-state index contributed by atoms with van der Waals surface area (Å²) in [5.41, 5.74) is 1.47. The lowest BCUT2D eigenvalue weighted by atomic mass is 9.80. The van der Waals surface area contributed by atoms with Crippen LogP contribution in [0.3, 0.4) is 0 Å². The third kappa shape index (κ3) is 5.12. The molecule has 0 amide bonds. The third-order valence-corrected chi connectivity index (χ3v) is 5.66. The Bertz CT molecular complexity index is 380. The van der Waals surface area contributed by atoms with Crippen molar-refractivity contribution in [1.82, 2.24) is 0 Å². The molecule has 1 nitrogen and oxygen atoms in total. The summed E-state index contributed by atoms with van der Waals surface area (Å²) < 4.78 is 0. The fourth-order valence-corrected chi connectivity index (χ4v) is 4.37. The number of hydrogen-bond donors (Lipinski definition) is 0. The average Bonchev–Trinajstić information content (AvgIpc) is 2.26. The molecule has 0 heterocycles. The van der Waals surface area contributed by atoms with E-state index in [4.69, 9.17) is 0 Å². The second-order valence-electron chi connectivity index (χ2n) is 8.03. The summed E-state index contributed by atoms with van der Waals surface area (Å²) in [6.45, 7) is 13.4. The quantitative estimate of drug-likeness (QED) is 0.395. The van der Waals surface area contributed by atoms with E-state index in [0.717, 1.165) is 5.20 Å². The summed E-state index contributed by atoms with van der Waals surface area (Å²) in [5.74, 6) is 2.92. The molecule has 2 heteroatoms. The van der Waals surface area contributed by atoms with Gasteiger partial charge in [-0.1, -0.05) is 65.8 Å². The van der Waals surface area contributed by atoms with E-state index in [9.17, 15) is 4.79 Å². The lowest BCUT2D eigenvalue weighted by Crippen LogP contribution is -2.29. The van der Waals surface area contributed by atoms with E-state index in [2.05, 4.69) is 52.4 Å². The summed E-state index contributed by atoms with van der Waals surface area (Å²) in [7, 11) is -1.61. The van der Waals surface area contributed by atoms with Crippen LogP contribution in [0.5, 0.6) is 0 Å². The minimum absolute atomic E-state index is 0.133. The minimum atomic E-state index is -1.61. The highest BCUT2D eigenvalue weighted by atomic mass is 28.3. The van der Waals surface area contributed by atoms with Gasteiger partial charge in [0.1, 0.15) is 5.94 Å². The van der Waals surface area contributed by atoms with Crippen LogP contribution in [0.25, 0.3) is 0 Å². The maximum absolute atomic E-state index is 11.6. The molecule has 0 unspecified atom stereocenters. The highest BCUT2D eigenvalue weighted by Crippen LogP contribution is 2.37. The number of allylic oxidation sites excluding steroid dienone is 3. The van der Waals surface area contributed by atoms with E-state index in [1.54, 1.807) is 0 Å². The number of rotatable bonds is 3. The monoisotopic (exact) mass is 278 g/mol. The van der Waals surface area contributed by atoms with Crippen molar-refractivity contribution in [3.63, 3.8) is 0 Å². The van der Waals surface area contributed by atoms with Crippen molar-refractivity contribution in [2.24, 2.45) is 11.3 Å². The second kappa shape index (κ2) is 6.24. The summed E-state index contributed by atoms with van der Waals surface area (Å²) >= 11 is 0. The Balaban J connectivity index is 3.19. The van der Waals surface area contributed by atoms with Crippen LogP contribution in [0, 0.1) is 11.3 Å². The molecule has 0 aliphatic heterocycles. The fraction of sp³-hybridized carbons (Fsp3) is 0.765. The van der Waals surface area contributed by atoms with Crippen LogP contribution in [0.2, 0.25) is 19.6 Å². The first kappa shape index (κ1) is 16.5. The molecule has 0 aromatic carbocycles. The molecule has 19 heavy (non-hydrogen) atoms. The van der Waals surface area contributed by atoms with Gasteiger partial charge in [0.05, 0.1) is 8.07 Å². The highest BCUT2D eigenvalue weighted by Gasteiger charge is 2.30. The van der Waals surface area contributed by atoms with E-state index in [0.29, 0.717) is 5.92 Å². The van der Waals surface area contributed by atoms with Gasteiger partial charge >= 0.3 is 0 Å². The molecule has 0 atom stereocenters. The lowest BCUT2D eigenvalue weighted by molar-refractivity contribution is 0.400. The smallest absolute Gasteiger partial charge is 0.123 e. The van der Waals surface area contributed by atoms with Crippen LogP contribution in [0.1, 0.15) is 52.9 Å². The van der Waals surface area contributed by atoms with Crippen molar-refractivity contribution in [2.75, 3.05) is 0 Å². The zero-order chi connectivity index (χ0) is 14.7. The lowest BCUT2D eigenvalue weighted by Gasteiger charge is -2.31. The Morgan fingerprint density at radius 2 is 1.63 bits per heavy atom. The van der Waals surface area contributed by atoms with Crippen molar-refractivity contribution in [3.8, 4) is 0 Å². The van der Waals surface area contributed by atoms with Crippen LogP contribution in [-0.2, 0) is 4.79 Å². The molecule has 0 N–H and O–H groups in total. The Kier molecular flexibility index (Phi) is 5.40. The molecule has 0 radical (unpaired) electrons. The molecule has 0 saturated heterocycles. The van der Waals surface area contributed by atoms with Crippen LogP contribution in [0.15, 0.2) is 16.8 Å². The maximum atomic E-state index is 11.6. The van der Waals surface area contributed by atoms with Gasteiger partial charge in [-0.3, -0.25) is 0 Å². The molecule has 1 aliphatic carbocycles. The maximum Gasteiger partial charge on any atom is 0.123 e. The third-order valence-electron chi connectivity index (χ3n) is 3.77. The first-order valence-electron chi connectivity index (χ1n) is 7.64. The standard InChI is InChI=1S/C17H30OSi/c1-17(2,3)12-15(14-10-8-7-9-11-14)16(13-18)19(4,5)6/h12,14H,7-11H2,1-6H3/b15-12-. The molecule has 108 valence electrons. The van der Waals surface area contributed by atoms with Gasteiger partial charge in [-0.05, 0) is 29.7 Å². The Labute approximate surface area is 120 Å². The SMILES string of the molecule is CC(C)(C)/C=C(\C(=C=O)[Si](C)(C)C)C1CCCCC1. The van der Waals surface area contributed by atoms with Crippen molar-refractivity contribution >= 4 is 14.0 Å². The van der Waals surface area contributed by atoms with Crippen molar-refractivity contribution < 1.29 is 4.79 Å². The van der Waals surface area contributed by atoms with Crippen LogP contribution < -0.4 is 0 Å². The van der Waals surface area contributed by atoms with Crippen molar-refractivity contribution in [3.05, 3.63) is 16.8 Å². The molecular weight excluding hydrogens is 248 g/mol. The normalized spacial score (nSPS) is 19.2. The number of hydrogen-bond acceptors (Lipinski definition) is 1. The predicted molar refractivity (Wildman–Crippen MR) is 86.7 cm³/mol. The summed E-state index contributed by atoms with van der Waals surface area (Å²) in [4.78, 5) is 11.6. The van der Waals surface area contributed by atoms with E-state index in [1.165, 1.54) is 37.7 Å². The molecule has 0 spiro atoms. The van der Waals surface area contributed by atoms with Gasteiger partial charge in [-0.25, -0.2) is 4.79 Å². The Hall–Kier alpha value is -0.593. The van der Waals surface area contributed by atoms with Gasteiger partial charge in [0.15, 0.2) is 0 Å². The zero-order valence-corrected chi connectivity index (χ0v) is 14.6. The number of carbonyl (C=O) groups excluding carboxylic acids is 1. The molecule has 1 saturated carbocycles. The van der Waals surface area contributed by atoms with Gasteiger partial charge in [0.25, 0.3) is 0 Å². The first-order valence-corrected chi connectivity index (χ1v) is 11.1. The van der Waals surface area contributed by atoms with Gasteiger partial charge < -0.3 is 0 Å². The topological polar surface area (TPSA) is 17.1 Å². The Morgan fingerprint density at radius 1 is 1.11 bits per heavy atom. The molecule has 1 rings (SSSR count). The Morgan fingerprint density at radius 3 is 2.00 bits per heavy atom. The van der Waals surface area contributed by atoms with Gasteiger partial charge in [-0.2, -0.15) is 0 Å². The summed E-state index contributed by atoms with van der Waals surface area (Å²) in [6.07, 6.45) is 8.82. The van der Waals surface area contributed by atoms with Crippen molar-refractivity contribution in [2.45, 2.75) is 72.5 Å². The molecule has 0 bridgehead atoms. The van der Waals surface area contributed by atoms with E-state index in [-0.39, 0.29) is 5.41 Å². The van der Waals surface area contributed by atoms with Gasteiger partial charge in [-0.15, -0.1) is 0 Å². The predicted octanol–water partition coefficient (Wildman–Crippen LogP) is 5.17. The summed E-state index contributed by atoms with van der Waals surface area (Å²) in [6, 6.07) is 0. The van der Waals surface area contributed by atoms with Crippen LogP contribution >= 0.6 is 0 Å². The average molecular weight is 279 g/mol.